The van der Waals surface area contributed by atoms with Crippen LogP contribution < -0.4 is 14.8 Å². The summed E-state index contributed by atoms with van der Waals surface area (Å²) in [6.45, 7) is 0.811. The van der Waals surface area contributed by atoms with Gasteiger partial charge in [0, 0.05) is 10.5 Å². The van der Waals surface area contributed by atoms with Gasteiger partial charge in [0.05, 0.1) is 23.0 Å². The van der Waals surface area contributed by atoms with Crippen molar-refractivity contribution in [3.63, 3.8) is 0 Å². The molecule has 0 aliphatic carbocycles. The van der Waals surface area contributed by atoms with Gasteiger partial charge in [-0.05, 0) is 64.4 Å². The third-order valence-electron chi connectivity index (χ3n) is 2.60. The van der Waals surface area contributed by atoms with Crippen LogP contribution in [0.4, 0.5) is 5.69 Å². The molecule has 0 fully saturated rings. The molecule has 0 aliphatic heterocycles. The maximum absolute atomic E-state index is 12.0. The van der Waals surface area contributed by atoms with Crippen molar-refractivity contribution >= 4 is 47.6 Å². The van der Waals surface area contributed by atoms with Gasteiger partial charge in [0.1, 0.15) is 5.75 Å². The van der Waals surface area contributed by atoms with E-state index in [0.29, 0.717) is 22.3 Å². The Hall–Kier alpha value is -0.310. The summed E-state index contributed by atoms with van der Waals surface area (Å²) in [5, 5.41) is 2.99. The summed E-state index contributed by atoms with van der Waals surface area (Å²) in [5.41, 5.74) is 0.471. The van der Waals surface area contributed by atoms with Crippen LogP contribution in [0, 0.1) is 0 Å². The quantitative estimate of drug-likeness (QED) is 0.623. The molecular weight excluding hydrogens is 412 g/mol. The van der Waals surface area contributed by atoms with E-state index in [4.69, 9.17) is 4.74 Å². The number of unbranched alkanes of at least 4 members (excludes halogenated alkanes) is 1. The van der Waals surface area contributed by atoms with Crippen molar-refractivity contribution < 1.29 is 13.2 Å². The lowest BCUT2D eigenvalue weighted by Crippen LogP contribution is -2.18. The molecule has 0 bridgehead atoms. The van der Waals surface area contributed by atoms with Gasteiger partial charge in [0.25, 0.3) is 0 Å². The second-order valence-electron chi connectivity index (χ2n) is 4.20. The summed E-state index contributed by atoms with van der Waals surface area (Å²) in [6.07, 6.45) is 1.43. The third-order valence-corrected chi connectivity index (χ3v) is 5.23. The fourth-order valence-corrected chi connectivity index (χ4v) is 4.15. The average molecular weight is 430 g/mol. The highest BCUT2D eigenvalue weighted by molar-refractivity contribution is 9.11. The summed E-state index contributed by atoms with van der Waals surface area (Å²) >= 11 is 6.67. The van der Waals surface area contributed by atoms with Crippen LogP contribution in [-0.4, -0.2) is 34.9 Å². The number of halogens is 2. The van der Waals surface area contributed by atoms with E-state index >= 15 is 0 Å². The first-order chi connectivity index (χ1) is 9.39. The molecule has 0 saturated carbocycles. The van der Waals surface area contributed by atoms with Crippen molar-refractivity contribution in [1.29, 1.82) is 0 Å². The normalized spacial score (nSPS) is 11.4. The maximum Gasteiger partial charge on any atom is 0.232 e. The van der Waals surface area contributed by atoms with Gasteiger partial charge in [-0.1, -0.05) is 0 Å². The molecule has 1 rings (SSSR count). The zero-order valence-corrected chi connectivity index (χ0v) is 15.4. The first-order valence-electron chi connectivity index (χ1n) is 6.07. The average Bonchev–Trinajstić information content (AvgIpc) is 2.38. The van der Waals surface area contributed by atoms with Crippen molar-refractivity contribution in [3.05, 3.63) is 21.1 Å². The minimum absolute atomic E-state index is 0.0967. The molecule has 8 heteroatoms. The lowest BCUT2D eigenvalue weighted by atomic mass is 10.3. The maximum atomic E-state index is 12.0. The molecule has 0 amide bonds. The van der Waals surface area contributed by atoms with Crippen molar-refractivity contribution in [2.45, 2.75) is 12.8 Å². The lowest BCUT2D eigenvalue weighted by Gasteiger charge is -2.12. The number of ether oxygens (including phenoxy) is 1. The van der Waals surface area contributed by atoms with Crippen LogP contribution in [0.5, 0.6) is 5.75 Å². The second kappa shape index (κ2) is 8.21. The van der Waals surface area contributed by atoms with E-state index in [1.807, 2.05) is 7.05 Å². The molecule has 0 heterocycles. The van der Waals surface area contributed by atoms with Gasteiger partial charge in [0.15, 0.2) is 0 Å². The largest absolute Gasteiger partial charge is 0.495 e. The fourth-order valence-electron chi connectivity index (χ4n) is 1.58. The Bertz CT molecular complexity index is 550. The Labute approximate surface area is 136 Å². The molecule has 114 valence electrons. The van der Waals surface area contributed by atoms with Gasteiger partial charge in [0.2, 0.25) is 10.0 Å². The van der Waals surface area contributed by atoms with Crippen LogP contribution in [0.2, 0.25) is 0 Å². The van der Waals surface area contributed by atoms with Crippen LogP contribution >= 0.6 is 31.9 Å². The smallest absolute Gasteiger partial charge is 0.232 e. The highest BCUT2D eigenvalue weighted by Crippen LogP contribution is 2.35. The van der Waals surface area contributed by atoms with E-state index in [1.165, 1.54) is 7.11 Å². The predicted molar refractivity (Wildman–Crippen MR) is 89.0 cm³/mol. The van der Waals surface area contributed by atoms with Gasteiger partial charge >= 0.3 is 0 Å². The monoisotopic (exact) mass is 428 g/mol. The van der Waals surface area contributed by atoms with Gasteiger partial charge in [-0.15, -0.1) is 0 Å². The van der Waals surface area contributed by atoms with Crippen LogP contribution in [0.15, 0.2) is 21.1 Å². The molecular formula is C12H18Br2N2O3S. The predicted octanol–water partition coefficient (Wildman–Crippen LogP) is 2.96. The molecule has 0 saturated heterocycles. The minimum Gasteiger partial charge on any atom is -0.495 e. The van der Waals surface area contributed by atoms with E-state index < -0.39 is 10.0 Å². The topological polar surface area (TPSA) is 67.4 Å². The second-order valence-corrected chi connectivity index (χ2v) is 7.75. The number of anilines is 1. The summed E-state index contributed by atoms with van der Waals surface area (Å²) in [4.78, 5) is 0. The number of nitrogens with one attached hydrogen (secondary N) is 2. The molecule has 0 spiro atoms. The molecule has 20 heavy (non-hydrogen) atoms. The van der Waals surface area contributed by atoms with E-state index in [9.17, 15) is 8.42 Å². The Morgan fingerprint density at radius 3 is 2.50 bits per heavy atom. The summed E-state index contributed by atoms with van der Waals surface area (Å²) in [5.74, 6) is 0.667. The van der Waals surface area contributed by atoms with Crippen molar-refractivity contribution in [2.75, 3.05) is 31.2 Å². The molecule has 5 nitrogen and oxygen atoms in total. The third kappa shape index (κ3) is 5.59. The Morgan fingerprint density at radius 2 is 1.90 bits per heavy atom. The molecule has 0 aromatic heterocycles. The van der Waals surface area contributed by atoms with Crippen LogP contribution in [0.3, 0.4) is 0 Å². The standard InChI is InChI=1S/C12H18Br2N2O3S/c1-15-5-3-4-6-20(17,18)16-11-8-12(19-2)10(14)7-9(11)13/h7-8,15-16H,3-6H2,1-2H3. The SMILES string of the molecule is CNCCCCS(=O)(=O)Nc1cc(OC)c(Br)cc1Br. The van der Waals surface area contributed by atoms with Crippen molar-refractivity contribution in [3.8, 4) is 5.75 Å². The number of sulfonamides is 1. The van der Waals surface area contributed by atoms with E-state index in [-0.39, 0.29) is 5.75 Å². The van der Waals surface area contributed by atoms with Crippen molar-refractivity contribution in [2.24, 2.45) is 0 Å². The van der Waals surface area contributed by atoms with Crippen LogP contribution in [-0.2, 0) is 10.0 Å². The zero-order valence-electron chi connectivity index (χ0n) is 11.4. The van der Waals surface area contributed by atoms with Gasteiger partial charge in [-0.3, -0.25) is 4.72 Å². The molecule has 2 N–H and O–H groups in total. The Morgan fingerprint density at radius 1 is 1.20 bits per heavy atom. The molecule has 0 unspecified atom stereocenters. The van der Waals surface area contributed by atoms with Crippen molar-refractivity contribution in [1.82, 2.24) is 5.32 Å². The minimum atomic E-state index is -3.35. The first kappa shape index (κ1) is 17.7. The zero-order chi connectivity index (χ0) is 15.2. The van der Waals surface area contributed by atoms with E-state index in [2.05, 4.69) is 41.9 Å². The van der Waals surface area contributed by atoms with Gasteiger partial charge in [-0.25, -0.2) is 8.42 Å². The van der Waals surface area contributed by atoms with E-state index in [1.54, 1.807) is 12.1 Å². The Balaban J connectivity index is 2.76. The fraction of sp³-hybridized carbons (Fsp3) is 0.500. The molecule has 0 aliphatic rings. The number of rotatable bonds is 8. The van der Waals surface area contributed by atoms with Crippen LogP contribution in [0.1, 0.15) is 12.8 Å². The first-order valence-corrected chi connectivity index (χ1v) is 9.31. The number of hydrogen-bond acceptors (Lipinski definition) is 4. The summed E-state index contributed by atoms with van der Waals surface area (Å²) < 4.78 is 33.1. The Kier molecular flexibility index (Phi) is 7.28. The summed E-state index contributed by atoms with van der Waals surface area (Å²) in [7, 11) is 0.0229. The highest BCUT2D eigenvalue weighted by Gasteiger charge is 2.14. The number of methoxy groups -OCH3 is 1. The lowest BCUT2D eigenvalue weighted by molar-refractivity contribution is 0.412. The molecule has 1 aromatic rings. The molecule has 1 aromatic carbocycles. The molecule has 0 atom stereocenters. The summed E-state index contributed by atoms with van der Waals surface area (Å²) in [6, 6.07) is 3.39. The van der Waals surface area contributed by atoms with E-state index in [0.717, 1.165) is 17.4 Å². The number of hydrogen-bond donors (Lipinski definition) is 2. The highest BCUT2D eigenvalue weighted by atomic mass is 79.9. The van der Waals surface area contributed by atoms with Crippen LogP contribution in [0.25, 0.3) is 0 Å². The number of benzene rings is 1. The van der Waals surface area contributed by atoms with Gasteiger partial charge < -0.3 is 10.1 Å². The molecule has 0 radical (unpaired) electrons. The van der Waals surface area contributed by atoms with Gasteiger partial charge in [-0.2, -0.15) is 0 Å².